The molecule has 0 unspecified atom stereocenters. The fourth-order valence-electron chi connectivity index (χ4n) is 1.17. The summed E-state index contributed by atoms with van der Waals surface area (Å²) in [4.78, 5) is 12.1. The molecule has 0 bridgehead atoms. The van der Waals surface area contributed by atoms with Gasteiger partial charge in [-0.2, -0.15) is 0 Å². The molecule has 80 valence electrons. The van der Waals surface area contributed by atoms with E-state index in [1.165, 1.54) is 12.1 Å². The van der Waals surface area contributed by atoms with Crippen LogP contribution in [0.5, 0.6) is 0 Å². The van der Waals surface area contributed by atoms with Crippen molar-refractivity contribution in [2.45, 2.75) is 0 Å². The molecule has 0 atom stereocenters. The van der Waals surface area contributed by atoms with Gasteiger partial charge in [0.2, 0.25) is 0 Å². The maximum absolute atomic E-state index is 10.6. The number of non-ortho nitro benzene ring substituents is 1. The molecule has 0 saturated heterocycles. The zero-order chi connectivity index (χ0) is 11.4. The van der Waals surface area contributed by atoms with Crippen LogP contribution in [-0.2, 0) is 0 Å². The summed E-state index contributed by atoms with van der Waals surface area (Å²) in [7, 11) is 0. The minimum absolute atomic E-state index is 0.0911. The van der Waals surface area contributed by atoms with Gasteiger partial charge in [-0.1, -0.05) is 0 Å². The third kappa shape index (κ3) is 2.62. The zero-order valence-corrected chi connectivity index (χ0v) is 9.82. The van der Waals surface area contributed by atoms with E-state index in [1.54, 1.807) is 24.3 Å². The maximum atomic E-state index is 10.6. The van der Waals surface area contributed by atoms with Crippen LogP contribution in [0.3, 0.4) is 0 Å². The Morgan fingerprint density at radius 1 is 1.38 bits per heavy atom. The van der Waals surface area contributed by atoms with Gasteiger partial charge in [0.1, 0.15) is 0 Å². The van der Waals surface area contributed by atoms with Gasteiger partial charge in [0.15, 0.2) is 0 Å². The molecule has 0 amide bonds. The summed E-state index contributed by atoms with van der Waals surface area (Å²) in [5.74, 6) is 0. The number of hydrogen-bond acceptors (Lipinski definition) is 4. The molecule has 0 aliphatic rings. The Balaban J connectivity index is 2.22. The third-order valence-corrected chi connectivity index (χ3v) is 3.00. The van der Waals surface area contributed by atoms with Crippen molar-refractivity contribution in [1.82, 2.24) is 9.19 Å². The molecule has 1 aromatic heterocycles. The van der Waals surface area contributed by atoms with Crippen LogP contribution in [-0.4, -0.2) is 28.8 Å². The molecular formula is C10H7N3O2Se. The number of nitro benzene ring substituents is 1. The third-order valence-electron chi connectivity index (χ3n) is 1.90. The predicted octanol–water partition coefficient (Wildman–Crippen LogP) is 1.61. The van der Waals surface area contributed by atoms with Crippen LogP contribution in [0.25, 0.3) is 12.2 Å². The molecule has 5 nitrogen and oxygen atoms in total. The molecule has 2 rings (SSSR count). The van der Waals surface area contributed by atoms with Crippen molar-refractivity contribution in [2.24, 2.45) is 0 Å². The molecule has 2 aromatic rings. The van der Waals surface area contributed by atoms with Gasteiger partial charge in [-0.3, -0.25) is 0 Å². The number of benzene rings is 1. The monoisotopic (exact) mass is 281 g/mol. The van der Waals surface area contributed by atoms with Crippen molar-refractivity contribution in [3.8, 4) is 0 Å². The van der Waals surface area contributed by atoms with Crippen molar-refractivity contribution in [2.75, 3.05) is 0 Å². The number of nitrogens with zero attached hydrogens (tertiary/aromatic N) is 3. The first kappa shape index (κ1) is 10.7. The van der Waals surface area contributed by atoms with Crippen LogP contribution < -0.4 is 0 Å². The molecule has 0 saturated carbocycles. The van der Waals surface area contributed by atoms with Crippen molar-refractivity contribution < 1.29 is 4.92 Å². The SMILES string of the molecule is O=[N+]([O-])c1cccc(/C=C/c2c[se]nn2)c1. The molecular weight excluding hydrogens is 273 g/mol. The number of nitro groups is 1. The Labute approximate surface area is 97.6 Å². The number of rotatable bonds is 3. The summed E-state index contributed by atoms with van der Waals surface area (Å²) in [6, 6.07) is 6.46. The molecule has 1 aromatic carbocycles. The van der Waals surface area contributed by atoms with Gasteiger partial charge in [-0.25, -0.2) is 0 Å². The Morgan fingerprint density at radius 3 is 2.94 bits per heavy atom. The van der Waals surface area contributed by atoms with Crippen LogP contribution in [0, 0.1) is 10.1 Å². The Morgan fingerprint density at radius 2 is 2.25 bits per heavy atom. The van der Waals surface area contributed by atoms with Crippen LogP contribution in [0.2, 0.25) is 0 Å². The van der Waals surface area contributed by atoms with E-state index < -0.39 is 4.92 Å². The summed E-state index contributed by atoms with van der Waals surface area (Å²) in [5.41, 5.74) is 1.68. The first-order valence-corrected chi connectivity index (χ1v) is 6.21. The Kier molecular flexibility index (Phi) is 3.24. The standard InChI is InChI=1S/C10H7N3O2Se/c14-13(15)10-3-1-2-8(6-10)4-5-9-7-16-12-11-9/h1-7H/b5-4+. The van der Waals surface area contributed by atoms with E-state index in [2.05, 4.69) is 9.19 Å². The van der Waals surface area contributed by atoms with E-state index in [4.69, 9.17) is 0 Å². The first-order chi connectivity index (χ1) is 7.75. The van der Waals surface area contributed by atoms with E-state index in [9.17, 15) is 10.1 Å². The van der Waals surface area contributed by atoms with Gasteiger partial charge < -0.3 is 0 Å². The van der Waals surface area contributed by atoms with Crippen LogP contribution in [0.15, 0.2) is 29.2 Å². The molecule has 0 radical (unpaired) electrons. The van der Waals surface area contributed by atoms with Crippen molar-refractivity contribution in [1.29, 1.82) is 0 Å². The van der Waals surface area contributed by atoms with Crippen LogP contribution in [0.4, 0.5) is 5.69 Å². The van der Waals surface area contributed by atoms with Gasteiger partial charge in [0, 0.05) is 0 Å². The van der Waals surface area contributed by atoms with Crippen LogP contribution in [0.1, 0.15) is 11.3 Å². The van der Waals surface area contributed by atoms with Crippen LogP contribution >= 0.6 is 0 Å². The van der Waals surface area contributed by atoms with Crippen molar-refractivity contribution in [3.63, 3.8) is 0 Å². The van der Waals surface area contributed by atoms with Gasteiger partial charge in [0.25, 0.3) is 0 Å². The van der Waals surface area contributed by atoms with Gasteiger partial charge in [-0.05, 0) is 0 Å². The quantitative estimate of drug-likeness (QED) is 0.486. The summed E-state index contributed by atoms with van der Waals surface area (Å²) in [6.45, 7) is 0. The molecule has 6 heteroatoms. The normalized spacial score (nSPS) is 10.8. The van der Waals surface area contributed by atoms with E-state index in [0.717, 1.165) is 11.3 Å². The van der Waals surface area contributed by atoms with Gasteiger partial charge in [-0.15, -0.1) is 0 Å². The van der Waals surface area contributed by atoms with Crippen molar-refractivity contribution >= 4 is 32.6 Å². The summed E-state index contributed by atoms with van der Waals surface area (Å²) in [6.07, 6.45) is 3.59. The number of hydrogen-bond donors (Lipinski definition) is 0. The molecule has 0 aliphatic carbocycles. The molecule has 1 heterocycles. The van der Waals surface area contributed by atoms with Crippen molar-refractivity contribution in [3.05, 3.63) is 50.6 Å². The average molecular weight is 280 g/mol. The Hall–Kier alpha value is -1.78. The topological polar surface area (TPSA) is 68.9 Å². The summed E-state index contributed by atoms with van der Waals surface area (Å²) >= 11 is 0.113. The summed E-state index contributed by atoms with van der Waals surface area (Å²) in [5, 5.41) is 14.5. The van der Waals surface area contributed by atoms with E-state index in [0.29, 0.717) is 0 Å². The molecule has 0 spiro atoms. The summed E-state index contributed by atoms with van der Waals surface area (Å²) < 4.78 is 3.86. The number of aromatic nitrogens is 2. The second kappa shape index (κ2) is 4.83. The molecule has 0 N–H and O–H groups in total. The zero-order valence-electron chi connectivity index (χ0n) is 8.11. The molecule has 0 fully saturated rings. The predicted molar refractivity (Wildman–Crippen MR) is 61.0 cm³/mol. The first-order valence-electron chi connectivity index (χ1n) is 4.45. The van der Waals surface area contributed by atoms with Gasteiger partial charge >= 0.3 is 97.3 Å². The molecule has 16 heavy (non-hydrogen) atoms. The van der Waals surface area contributed by atoms with Gasteiger partial charge in [0.05, 0.1) is 0 Å². The minimum atomic E-state index is -0.408. The second-order valence-electron chi connectivity index (χ2n) is 3.02. The van der Waals surface area contributed by atoms with E-state index >= 15 is 0 Å². The fourth-order valence-corrected chi connectivity index (χ4v) is 2.05. The average Bonchev–Trinajstić information content (AvgIpc) is 2.79. The van der Waals surface area contributed by atoms with E-state index in [1.807, 2.05) is 4.94 Å². The fraction of sp³-hybridized carbons (Fsp3) is 0. The Bertz CT molecular complexity index is 523. The van der Waals surface area contributed by atoms with E-state index in [-0.39, 0.29) is 20.4 Å². The molecule has 0 aliphatic heterocycles. The second-order valence-corrected chi connectivity index (χ2v) is 4.29.